The fraction of sp³-hybridized carbons (Fsp3) is 0.0690. The Morgan fingerprint density at radius 2 is 1.49 bits per heavy atom. The molecule has 0 amide bonds. The van der Waals surface area contributed by atoms with Crippen molar-refractivity contribution in [2.24, 2.45) is 0 Å². The van der Waals surface area contributed by atoms with E-state index in [0.717, 1.165) is 0 Å². The molecule has 1 heterocycles. The average Bonchev–Trinajstić information content (AvgIpc) is 3.28. The highest BCUT2D eigenvalue weighted by molar-refractivity contribution is 7.93. The van der Waals surface area contributed by atoms with E-state index < -0.39 is 16.0 Å². The molecule has 37 heavy (non-hydrogen) atoms. The summed E-state index contributed by atoms with van der Waals surface area (Å²) in [5.74, 6) is -0.607. The van der Waals surface area contributed by atoms with Crippen LogP contribution in [0.4, 0.5) is 5.88 Å². The number of halogens is 1. The van der Waals surface area contributed by atoms with E-state index in [4.69, 9.17) is 20.8 Å². The van der Waals surface area contributed by atoms with Crippen molar-refractivity contribution >= 4 is 44.3 Å². The molecule has 4 aromatic carbocycles. The molecular formula is C29H22ClNO5S. The third-order valence-corrected chi connectivity index (χ3v) is 7.51. The van der Waals surface area contributed by atoms with Gasteiger partial charge in [0.25, 0.3) is 10.0 Å². The fourth-order valence-corrected chi connectivity index (χ4v) is 5.83. The molecule has 0 radical (unpaired) electrons. The van der Waals surface area contributed by atoms with E-state index in [1.807, 2.05) is 60.7 Å². The second-order valence-corrected chi connectivity index (χ2v) is 10.2. The maximum atomic E-state index is 13.7. The molecule has 1 aromatic heterocycles. The monoisotopic (exact) mass is 531 g/mol. The molecule has 0 aliphatic rings. The summed E-state index contributed by atoms with van der Waals surface area (Å²) < 4.78 is 41.4. The van der Waals surface area contributed by atoms with Gasteiger partial charge in [-0.15, -0.1) is 0 Å². The number of ether oxygens (including phenoxy) is 1. The normalized spacial score (nSPS) is 11.4. The second-order valence-electron chi connectivity index (χ2n) is 8.16. The molecule has 0 bridgehead atoms. The lowest BCUT2D eigenvalue weighted by molar-refractivity contribution is 0.0528. The summed E-state index contributed by atoms with van der Waals surface area (Å²) in [6.07, 6.45) is 0. The van der Waals surface area contributed by atoms with Crippen LogP contribution >= 0.6 is 11.6 Å². The Kier molecular flexibility index (Phi) is 6.74. The van der Waals surface area contributed by atoms with Crippen LogP contribution in [0, 0.1) is 0 Å². The first kappa shape index (κ1) is 24.6. The SMILES string of the molecule is CCOC(=O)c1c(NS(=O)(=O)c2cccc3cccc(Cl)c23)oc(-c2ccccc2)c1-c1ccccc1. The Morgan fingerprint density at radius 1 is 0.865 bits per heavy atom. The molecule has 0 fully saturated rings. The van der Waals surface area contributed by atoms with Crippen molar-refractivity contribution in [1.29, 1.82) is 0 Å². The van der Waals surface area contributed by atoms with Gasteiger partial charge in [-0.2, -0.15) is 0 Å². The quantitative estimate of drug-likeness (QED) is 0.221. The summed E-state index contributed by atoms with van der Waals surface area (Å²) >= 11 is 6.39. The molecule has 0 saturated heterocycles. The van der Waals surface area contributed by atoms with Gasteiger partial charge < -0.3 is 9.15 Å². The summed E-state index contributed by atoms with van der Waals surface area (Å²) in [7, 11) is -4.24. The average molecular weight is 532 g/mol. The van der Waals surface area contributed by atoms with Crippen LogP contribution in [-0.4, -0.2) is 21.0 Å². The van der Waals surface area contributed by atoms with Crippen molar-refractivity contribution in [3.8, 4) is 22.5 Å². The zero-order valence-corrected chi connectivity index (χ0v) is 21.3. The zero-order chi connectivity index (χ0) is 26.0. The first-order chi connectivity index (χ1) is 17.9. The van der Waals surface area contributed by atoms with Gasteiger partial charge in [-0.05, 0) is 30.0 Å². The predicted octanol–water partition coefficient (Wildman–Crippen LogP) is 7.40. The second kappa shape index (κ2) is 10.1. The molecule has 0 aliphatic carbocycles. The molecule has 6 nitrogen and oxygen atoms in total. The van der Waals surface area contributed by atoms with E-state index in [-0.39, 0.29) is 22.9 Å². The van der Waals surface area contributed by atoms with E-state index in [9.17, 15) is 13.2 Å². The fourth-order valence-electron chi connectivity index (χ4n) is 4.24. The largest absolute Gasteiger partial charge is 0.462 e. The van der Waals surface area contributed by atoms with Crippen LogP contribution in [0.1, 0.15) is 17.3 Å². The number of furan rings is 1. The minimum absolute atomic E-state index is 0.0122. The van der Waals surface area contributed by atoms with Gasteiger partial charge in [-0.3, -0.25) is 0 Å². The number of nitrogens with one attached hydrogen (secondary N) is 1. The maximum Gasteiger partial charge on any atom is 0.344 e. The van der Waals surface area contributed by atoms with E-state index in [0.29, 0.717) is 38.2 Å². The minimum Gasteiger partial charge on any atom is -0.462 e. The number of fused-ring (bicyclic) bond motifs is 1. The summed E-state index contributed by atoms with van der Waals surface area (Å²) in [6.45, 7) is 1.78. The molecule has 8 heteroatoms. The van der Waals surface area contributed by atoms with Crippen molar-refractivity contribution in [2.75, 3.05) is 11.3 Å². The molecule has 186 valence electrons. The Balaban J connectivity index is 1.75. The van der Waals surface area contributed by atoms with Crippen LogP contribution in [0.3, 0.4) is 0 Å². The van der Waals surface area contributed by atoms with E-state index in [1.165, 1.54) is 6.07 Å². The van der Waals surface area contributed by atoms with Gasteiger partial charge in [-0.25, -0.2) is 17.9 Å². The van der Waals surface area contributed by atoms with Crippen LogP contribution in [0.5, 0.6) is 0 Å². The smallest absolute Gasteiger partial charge is 0.344 e. The number of hydrogen-bond donors (Lipinski definition) is 1. The minimum atomic E-state index is -4.24. The van der Waals surface area contributed by atoms with Gasteiger partial charge in [0, 0.05) is 21.5 Å². The summed E-state index contributed by atoms with van der Waals surface area (Å²) in [4.78, 5) is 13.2. The van der Waals surface area contributed by atoms with Gasteiger partial charge >= 0.3 is 5.97 Å². The highest BCUT2D eigenvalue weighted by Gasteiger charge is 2.32. The topological polar surface area (TPSA) is 85.6 Å². The Morgan fingerprint density at radius 3 is 2.14 bits per heavy atom. The molecule has 5 aromatic rings. The zero-order valence-electron chi connectivity index (χ0n) is 19.8. The van der Waals surface area contributed by atoms with Crippen LogP contribution < -0.4 is 4.72 Å². The first-order valence-electron chi connectivity index (χ1n) is 11.6. The van der Waals surface area contributed by atoms with Crippen LogP contribution in [0.25, 0.3) is 33.2 Å². The van der Waals surface area contributed by atoms with E-state index >= 15 is 0 Å². The van der Waals surface area contributed by atoms with Gasteiger partial charge in [0.2, 0.25) is 5.88 Å². The molecular weight excluding hydrogens is 510 g/mol. The number of esters is 1. The van der Waals surface area contributed by atoms with Crippen molar-refractivity contribution in [3.05, 3.63) is 108 Å². The molecule has 0 spiro atoms. The number of sulfonamides is 1. The summed E-state index contributed by atoms with van der Waals surface area (Å²) in [5.41, 5.74) is 1.76. The first-order valence-corrected chi connectivity index (χ1v) is 13.4. The molecule has 5 rings (SSSR count). The Bertz CT molecular complexity index is 1690. The van der Waals surface area contributed by atoms with E-state index in [2.05, 4.69) is 4.72 Å². The molecule has 0 saturated carbocycles. The highest BCUT2D eigenvalue weighted by Crippen LogP contribution is 2.43. The molecule has 0 atom stereocenters. The summed E-state index contributed by atoms with van der Waals surface area (Å²) in [5, 5.41) is 1.32. The standard InChI is InChI=1S/C29H22ClNO5S/c1-2-35-29(32)26-25(20-11-5-3-6-12-20)27(21-13-7-4-8-14-21)36-28(26)31-37(33,34)23-18-10-16-19-15-9-17-22(30)24(19)23/h3-18,31H,2H2,1H3. The Labute approximate surface area is 219 Å². The van der Waals surface area contributed by atoms with Crippen molar-refractivity contribution in [1.82, 2.24) is 0 Å². The van der Waals surface area contributed by atoms with Crippen molar-refractivity contribution in [2.45, 2.75) is 11.8 Å². The van der Waals surface area contributed by atoms with E-state index in [1.54, 1.807) is 37.3 Å². The third kappa shape index (κ3) is 4.71. The van der Waals surface area contributed by atoms with Gasteiger partial charge in [0.1, 0.15) is 11.3 Å². The van der Waals surface area contributed by atoms with Gasteiger partial charge in [-0.1, -0.05) is 96.5 Å². The molecule has 0 unspecified atom stereocenters. The molecule has 1 N–H and O–H groups in total. The number of hydrogen-bond acceptors (Lipinski definition) is 5. The lowest BCUT2D eigenvalue weighted by Crippen LogP contribution is -2.16. The number of benzene rings is 4. The van der Waals surface area contributed by atoms with Crippen LogP contribution in [-0.2, 0) is 14.8 Å². The number of carbonyl (C=O) groups excluding carboxylic acids is 1. The van der Waals surface area contributed by atoms with Gasteiger partial charge in [0.05, 0.1) is 11.5 Å². The number of anilines is 1. The van der Waals surface area contributed by atoms with Gasteiger partial charge in [0.15, 0.2) is 0 Å². The lowest BCUT2D eigenvalue weighted by Gasteiger charge is -2.11. The van der Waals surface area contributed by atoms with Crippen molar-refractivity contribution in [3.63, 3.8) is 0 Å². The Hall–Kier alpha value is -4.07. The van der Waals surface area contributed by atoms with Crippen LogP contribution in [0.2, 0.25) is 5.02 Å². The van der Waals surface area contributed by atoms with Crippen molar-refractivity contribution < 1.29 is 22.4 Å². The van der Waals surface area contributed by atoms with Crippen LogP contribution in [0.15, 0.2) is 106 Å². The predicted molar refractivity (Wildman–Crippen MR) is 145 cm³/mol. The lowest BCUT2D eigenvalue weighted by atomic mass is 9.98. The number of rotatable bonds is 7. The highest BCUT2D eigenvalue weighted by atomic mass is 35.5. The maximum absolute atomic E-state index is 13.7. The number of carbonyl (C=O) groups is 1. The summed E-state index contributed by atoms with van der Waals surface area (Å²) in [6, 6.07) is 28.3. The molecule has 0 aliphatic heterocycles. The third-order valence-electron chi connectivity index (χ3n) is 5.82.